The van der Waals surface area contributed by atoms with Gasteiger partial charge in [0.05, 0.1) is 6.67 Å². The SMILES string of the molecule is CCCN=C/C(=C\C(C)C(C)NC)CCCF. The summed E-state index contributed by atoms with van der Waals surface area (Å²) in [7, 11) is 1.96. The molecule has 3 heteroatoms. The van der Waals surface area contributed by atoms with Gasteiger partial charge in [-0.2, -0.15) is 0 Å². The fourth-order valence-corrected chi connectivity index (χ4v) is 1.52. The largest absolute Gasteiger partial charge is 0.317 e. The zero-order valence-electron chi connectivity index (χ0n) is 11.7. The molecular weight excluding hydrogens is 215 g/mol. The summed E-state index contributed by atoms with van der Waals surface area (Å²) < 4.78 is 12.2. The van der Waals surface area contributed by atoms with Crippen LogP contribution in [0.2, 0.25) is 0 Å². The van der Waals surface area contributed by atoms with Gasteiger partial charge in [-0.1, -0.05) is 19.9 Å². The number of aliphatic imine (C=N–C) groups is 1. The van der Waals surface area contributed by atoms with Gasteiger partial charge in [-0.3, -0.25) is 9.38 Å². The lowest BCUT2D eigenvalue weighted by molar-refractivity contribution is 0.471. The van der Waals surface area contributed by atoms with Gasteiger partial charge in [-0.15, -0.1) is 0 Å². The molecule has 0 bridgehead atoms. The van der Waals surface area contributed by atoms with Crippen molar-refractivity contribution in [1.82, 2.24) is 5.32 Å². The highest BCUT2D eigenvalue weighted by Gasteiger charge is 2.07. The second kappa shape index (κ2) is 10.5. The van der Waals surface area contributed by atoms with Gasteiger partial charge < -0.3 is 5.32 Å². The monoisotopic (exact) mass is 242 g/mol. The van der Waals surface area contributed by atoms with Crippen molar-refractivity contribution >= 4 is 6.21 Å². The minimum atomic E-state index is -0.255. The maximum atomic E-state index is 12.2. The molecular formula is C14H27FN2. The molecule has 0 fully saturated rings. The molecule has 2 atom stereocenters. The van der Waals surface area contributed by atoms with Gasteiger partial charge in [0, 0.05) is 18.8 Å². The van der Waals surface area contributed by atoms with E-state index in [1.807, 2.05) is 13.3 Å². The number of nitrogens with one attached hydrogen (secondary N) is 1. The summed E-state index contributed by atoms with van der Waals surface area (Å²) in [6.07, 6.45) is 6.54. The Balaban J connectivity index is 4.47. The fraction of sp³-hybridized carbons (Fsp3) is 0.786. The second-order valence-corrected chi connectivity index (χ2v) is 4.51. The molecule has 0 aliphatic carbocycles. The molecule has 0 aliphatic heterocycles. The zero-order chi connectivity index (χ0) is 13.1. The van der Waals surface area contributed by atoms with Crippen LogP contribution < -0.4 is 5.32 Å². The van der Waals surface area contributed by atoms with Gasteiger partial charge in [0.1, 0.15) is 0 Å². The van der Waals surface area contributed by atoms with Crippen LogP contribution in [0.25, 0.3) is 0 Å². The molecule has 17 heavy (non-hydrogen) atoms. The van der Waals surface area contributed by atoms with Gasteiger partial charge in [-0.25, -0.2) is 0 Å². The van der Waals surface area contributed by atoms with E-state index in [4.69, 9.17) is 0 Å². The Morgan fingerprint density at radius 3 is 2.65 bits per heavy atom. The van der Waals surface area contributed by atoms with Crippen molar-refractivity contribution < 1.29 is 4.39 Å². The molecule has 2 unspecified atom stereocenters. The van der Waals surface area contributed by atoms with Crippen LogP contribution in [0, 0.1) is 5.92 Å². The van der Waals surface area contributed by atoms with E-state index in [2.05, 4.69) is 37.2 Å². The highest BCUT2D eigenvalue weighted by molar-refractivity contribution is 5.78. The normalized spacial score (nSPS) is 16.4. The summed E-state index contributed by atoms with van der Waals surface area (Å²) in [6.45, 7) is 7.02. The number of alkyl halides is 1. The van der Waals surface area contributed by atoms with Crippen LogP contribution in [-0.4, -0.2) is 32.5 Å². The lowest BCUT2D eigenvalue weighted by Gasteiger charge is -2.16. The number of allylic oxidation sites excluding steroid dienone is 1. The minimum absolute atomic E-state index is 0.255. The Bertz CT molecular complexity index is 236. The lowest BCUT2D eigenvalue weighted by atomic mass is 9.99. The van der Waals surface area contributed by atoms with Gasteiger partial charge in [0.2, 0.25) is 0 Å². The summed E-state index contributed by atoms with van der Waals surface area (Å²) in [6, 6.07) is 0.426. The smallest absolute Gasteiger partial charge is 0.0897 e. The molecule has 100 valence electrons. The van der Waals surface area contributed by atoms with E-state index in [1.165, 1.54) is 0 Å². The highest BCUT2D eigenvalue weighted by atomic mass is 19.1. The predicted octanol–water partition coefficient (Wildman–Crippen LogP) is 3.39. The van der Waals surface area contributed by atoms with Crippen molar-refractivity contribution in [3.63, 3.8) is 0 Å². The third-order valence-corrected chi connectivity index (χ3v) is 2.93. The van der Waals surface area contributed by atoms with Gasteiger partial charge in [-0.05, 0) is 44.7 Å². The third kappa shape index (κ3) is 8.08. The number of hydrogen-bond acceptors (Lipinski definition) is 2. The van der Waals surface area contributed by atoms with Crippen LogP contribution in [0.5, 0.6) is 0 Å². The van der Waals surface area contributed by atoms with E-state index in [9.17, 15) is 4.39 Å². The van der Waals surface area contributed by atoms with E-state index in [0.29, 0.717) is 18.4 Å². The number of nitrogens with zero attached hydrogens (tertiary/aromatic N) is 1. The highest BCUT2D eigenvalue weighted by Crippen LogP contribution is 2.11. The quantitative estimate of drug-likeness (QED) is 0.616. The first-order valence-electron chi connectivity index (χ1n) is 6.59. The molecule has 0 rings (SSSR count). The molecule has 0 aliphatic rings. The molecule has 0 spiro atoms. The van der Waals surface area contributed by atoms with Gasteiger partial charge in [0.25, 0.3) is 0 Å². The zero-order valence-corrected chi connectivity index (χ0v) is 11.7. The average Bonchev–Trinajstić information content (AvgIpc) is 2.34. The second-order valence-electron chi connectivity index (χ2n) is 4.51. The molecule has 2 nitrogen and oxygen atoms in total. The number of hydrogen-bond donors (Lipinski definition) is 1. The Hall–Kier alpha value is -0.700. The Labute approximate surface area is 105 Å². The Morgan fingerprint density at radius 2 is 2.12 bits per heavy atom. The molecule has 0 aromatic rings. The van der Waals surface area contributed by atoms with Gasteiger partial charge >= 0.3 is 0 Å². The maximum absolute atomic E-state index is 12.2. The average molecular weight is 242 g/mol. The predicted molar refractivity (Wildman–Crippen MR) is 74.6 cm³/mol. The Morgan fingerprint density at radius 1 is 1.41 bits per heavy atom. The standard InChI is InChI=1S/C14H27FN2/c1-5-9-17-11-14(7-6-8-15)10-12(2)13(3)16-4/h10-13,16H,5-9H2,1-4H3/b14-10-,17-11?. The molecule has 0 radical (unpaired) electrons. The number of halogens is 1. The molecule has 0 aromatic heterocycles. The van der Waals surface area contributed by atoms with Crippen molar-refractivity contribution in [1.29, 1.82) is 0 Å². The van der Waals surface area contributed by atoms with Crippen molar-refractivity contribution in [2.24, 2.45) is 10.9 Å². The van der Waals surface area contributed by atoms with E-state index < -0.39 is 0 Å². The van der Waals surface area contributed by atoms with Crippen LogP contribution in [0.15, 0.2) is 16.6 Å². The van der Waals surface area contributed by atoms with E-state index in [0.717, 1.165) is 25.0 Å². The molecule has 0 aromatic carbocycles. The van der Waals surface area contributed by atoms with Crippen molar-refractivity contribution in [3.05, 3.63) is 11.6 Å². The molecule has 0 saturated carbocycles. The molecule has 0 heterocycles. The third-order valence-electron chi connectivity index (χ3n) is 2.93. The van der Waals surface area contributed by atoms with E-state index in [1.54, 1.807) is 0 Å². The van der Waals surface area contributed by atoms with Gasteiger partial charge in [0.15, 0.2) is 0 Å². The van der Waals surface area contributed by atoms with E-state index in [-0.39, 0.29) is 6.67 Å². The summed E-state index contributed by atoms with van der Waals surface area (Å²) in [5.74, 6) is 0.433. The topological polar surface area (TPSA) is 24.4 Å². The fourth-order valence-electron chi connectivity index (χ4n) is 1.52. The Kier molecular flexibility index (Phi) is 10.0. The van der Waals surface area contributed by atoms with Crippen molar-refractivity contribution in [3.8, 4) is 0 Å². The lowest BCUT2D eigenvalue weighted by Crippen LogP contribution is -2.27. The van der Waals surface area contributed by atoms with E-state index >= 15 is 0 Å². The summed E-state index contributed by atoms with van der Waals surface area (Å²) in [5.41, 5.74) is 1.16. The van der Waals surface area contributed by atoms with Crippen LogP contribution in [0.1, 0.15) is 40.0 Å². The summed E-state index contributed by atoms with van der Waals surface area (Å²) in [5, 5.41) is 3.23. The van der Waals surface area contributed by atoms with Crippen LogP contribution in [0.3, 0.4) is 0 Å². The summed E-state index contributed by atoms with van der Waals surface area (Å²) >= 11 is 0. The summed E-state index contributed by atoms with van der Waals surface area (Å²) in [4.78, 5) is 4.35. The first-order chi connectivity index (χ1) is 8.15. The molecule has 1 N–H and O–H groups in total. The first kappa shape index (κ1) is 16.3. The minimum Gasteiger partial charge on any atom is -0.317 e. The molecule has 0 amide bonds. The van der Waals surface area contributed by atoms with Crippen LogP contribution in [-0.2, 0) is 0 Å². The maximum Gasteiger partial charge on any atom is 0.0897 e. The first-order valence-corrected chi connectivity index (χ1v) is 6.59. The molecule has 0 saturated heterocycles. The van der Waals surface area contributed by atoms with Crippen LogP contribution >= 0.6 is 0 Å². The number of rotatable bonds is 9. The van der Waals surface area contributed by atoms with Crippen molar-refractivity contribution in [2.75, 3.05) is 20.3 Å². The van der Waals surface area contributed by atoms with Crippen molar-refractivity contribution in [2.45, 2.75) is 46.1 Å². The van der Waals surface area contributed by atoms with Crippen LogP contribution in [0.4, 0.5) is 4.39 Å².